The average molecular weight is 997 g/mol. The van der Waals surface area contributed by atoms with Gasteiger partial charge in [-0.05, 0) is 108 Å². The molecule has 0 bridgehead atoms. The third-order valence-electron chi connectivity index (χ3n) is 13.9. The molecule has 0 spiro atoms. The molecule has 0 aromatic heterocycles. The van der Waals surface area contributed by atoms with Crippen molar-refractivity contribution in [3.8, 4) is 23.0 Å². The fourth-order valence-corrected chi connectivity index (χ4v) is 10.6. The highest BCUT2D eigenvalue weighted by Crippen LogP contribution is 2.62. The van der Waals surface area contributed by atoms with Gasteiger partial charge in [0.15, 0.2) is 6.29 Å². The Balaban J connectivity index is 1.28. The normalized spacial score (nSPS) is 21.2. The summed E-state index contributed by atoms with van der Waals surface area (Å²) in [6.07, 6.45) is 8.22. The molecule has 1 saturated carbocycles. The van der Waals surface area contributed by atoms with Gasteiger partial charge in [0, 0.05) is 37.7 Å². The summed E-state index contributed by atoms with van der Waals surface area (Å²) in [5, 5.41) is 25.1. The number of allylic oxidation sites excluding steroid dienone is 1. The maximum absolute atomic E-state index is 15.0. The highest BCUT2D eigenvalue weighted by Gasteiger charge is 2.65. The Morgan fingerprint density at radius 1 is 0.849 bits per heavy atom. The lowest BCUT2D eigenvalue weighted by Crippen LogP contribution is -2.70. The highest BCUT2D eigenvalue weighted by molar-refractivity contribution is 6.03. The van der Waals surface area contributed by atoms with Gasteiger partial charge in [-0.15, -0.1) is 6.58 Å². The number of oxime groups is 1. The van der Waals surface area contributed by atoms with Crippen LogP contribution < -0.4 is 14.2 Å². The van der Waals surface area contributed by atoms with E-state index in [1.165, 1.54) is 19.2 Å². The fourth-order valence-electron chi connectivity index (χ4n) is 10.6. The Hall–Kier alpha value is -6.84. The van der Waals surface area contributed by atoms with Crippen LogP contribution in [0.3, 0.4) is 0 Å². The van der Waals surface area contributed by atoms with Crippen LogP contribution in [0.2, 0.25) is 0 Å². The second-order valence-electron chi connectivity index (χ2n) is 18.6. The standard InChI is InChI=1S/C59H65FN2O11/c1-3-30-70-59-55(62(37-41-20-22-46(60)23-21-41)58(66)69-32-31-68-39-42-14-6-4-7-15-42)36-52(61-71-40-43-16-8-5-9-17-43)50-34-44(18-10-12-28-63)49(19-11-13-29-64)56(57(50)59)51-35-48(25-27-54(51)73-59)72-47-24-26-53(67-2)45(33-47)38-65/h3-9,14-17,20-27,33-35,38,44,49,55-57,63-64H,1,10-13,18-19,28-32,36-37,39-40H2,2H3/t44-,49+,55-,56+,57+,59+/m0/s1. The number of ether oxygens (including phenoxy) is 6. The quantitative estimate of drug-likeness (QED) is 0.0235. The molecule has 0 radical (unpaired) electrons. The van der Waals surface area contributed by atoms with Crippen molar-refractivity contribution < 1.29 is 57.5 Å². The number of benzene rings is 5. The second kappa shape index (κ2) is 25.7. The first kappa shape index (κ1) is 52.5. The first-order chi connectivity index (χ1) is 35.8. The molecule has 0 unspecified atom stereocenters. The molecule has 3 aliphatic rings. The molecule has 5 aromatic rings. The molecular formula is C59H65FN2O11. The van der Waals surface area contributed by atoms with Gasteiger partial charge in [-0.2, -0.15) is 0 Å². The maximum atomic E-state index is 15.0. The number of aliphatic hydroxyl groups excluding tert-OH is 2. The summed E-state index contributed by atoms with van der Waals surface area (Å²) in [7, 11) is 1.50. The van der Waals surface area contributed by atoms with Crippen LogP contribution in [-0.2, 0) is 38.8 Å². The van der Waals surface area contributed by atoms with Gasteiger partial charge in [-0.25, -0.2) is 9.18 Å². The molecule has 73 heavy (non-hydrogen) atoms. The number of unbranched alkanes of at least 4 members (excludes halogenated alkanes) is 2. The van der Waals surface area contributed by atoms with Crippen molar-refractivity contribution in [2.75, 3.05) is 40.1 Å². The van der Waals surface area contributed by atoms with Crippen molar-refractivity contribution in [2.24, 2.45) is 22.9 Å². The van der Waals surface area contributed by atoms with Crippen LogP contribution >= 0.6 is 0 Å². The largest absolute Gasteiger partial charge is 0.496 e. The lowest BCUT2D eigenvalue weighted by Gasteiger charge is -2.59. The molecule has 6 atom stereocenters. The predicted octanol–water partition coefficient (Wildman–Crippen LogP) is 11.1. The first-order valence-electron chi connectivity index (χ1n) is 25.1. The lowest BCUT2D eigenvalue weighted by atomic mass is 9.55. The highest BCUT2D eigenvalue weighted by atomic mass is 19.1. The van der Waals surface area contributed by atoms with Gasteiger partial charge in [-0.1, -0.05) is 103 Å². The van der Waals surface area contributed by atoms with E-state index in [1.54, 1.807) is 47.4 Å². The van der Waals surface area contributed by atoms with Gasteiger partial charge in [-0.3, -0.25) is 9.69 Å². The van der Waals surface area contributed by atoms with Gasteiger partial charge in [0.2, 0.25) is 5.79 Å². The SMILES string of the molecule is C=CCO[C@@]12Oc3ccc(Oc4ccc(OC)c(C=O)c4)cc3[C@H]3[C@H](CCCCO)[C@@H](CCCCO)C=C(C(=NOCc4ccccc4)C[C@@H]1N(Cc1ccc(F)cc1)C(=O)OCCOCc1ccccc1)[C@H]32. The zero-order valence-corrected chi connectivity index (χ0v) is 41.3. The monoisotopic (exact) mass is 996 g/mol. The van der Waals surface area contributed by atoms with E-state index in [-0.39, 0.29) is 70.4 Å². The minimum absolute atomic E-state index is 0.0141. The van der Waals surface area contributed by atoms with Crippen LogP contribution in [-0.4, -0.2) is 85.2 Å². The zero-order chi connectivity index (χ0) is 51.0. The van der Waals surface area contributed by atoms with E-state index < -0.39 is 29.7 Å². The summed E-state index contributed by atoms with van der Waals surface area (Å²) in [6.45, 7) is 4.74. The molecule has 1 heterocycles. The van der Waals surface area contributed by atoms with Gasteiger partial charge < -0.3 is 43.5 Å². The number of rotatable bonds is 26. The van der Waals surface area contributed by atoms with Crippen LogP contribution in [0.1, 0.15) is 83.5 Å². The Labute approximate surface area is 426 Å². The third kappa shape index (κ3) is 12.7. The van der Waals surface area contributed by atoms with Crippen LogP contribution in [0.4, 0.5) is 9.18 Å². The Bertz CT molecular complexity index is 2660. The molecular weight excluding hydrogens is 932 g/mol. The number of aliphatic hydroxyl groups is 2. The number of carbonyl (C=O) groups excluding carboxylic acids is 2. The molecule has 2 N–H and O–H groups in total. The molecule has 1 aliphatic heterocycles. The van der Waals surface area contributed by atoms with Crippen LogP contribution in [0.15, 0.2) is 151 Å². The Morgan fingerprint density at radius 3 is 2.25 bits per heavy atom. The van der Waals surface area contributed by atoms with E-state index in [4.69, 9.17) is 38.4 Å². The topological polar surface area (TPSA) is 155 Å². The van der Waals surface area contributed by atoms with E-state index in [0.717, 1.165) is 47.8 Å². The van der Waals surface area contributed by atoms with E-state index in [1.807, 2.05) is 72.8 Å². The van der Waals surface area contributed by atoms with Crippen molar-refractivity contribution in [2.45, 2.75) is 82.5 Å². The molecule has 8 rings (SSSR count). The summed E-state index contributed by atoms with van der Waals surface area (Å²) in [5.41, 5.74) is 5.14. The number of nitrogens with zero attached hydrogens (tertiary/aromatic N) is 2. The van der Waals surface area contributed by atoms with Crippen molar-refractivity contribution >= 4 is 18.1 Å². The van der Waals surface area contributed by atoms with Crippen LogP contribution in [0, 0.1) is 23.6 Å². The molecule has 5 aromatic carbocycles. The summed E-state index contributed by atoms with van der Waals surface area (Å²) in [5.74, 6) is -1.29. The number of hydrogen-bond donors (Lipinski definition) is 2. The molecule has 14 heteroatoms. The number of aldehydes is 1. The number of halogens is 1. The minimum Gasteiger partial charge on any atom is -0.496 e. The number of methoxy groups -OCH3 is 1. The summed E-state index contributed by atoms with van der Waals surface area (Å²) < 4.78 is 53.0. The number of fused-ring (bicyclic) bond motifs is 2. The number of carbonyl (C=O) groups is 2. The molecule has 1 amide bonds. The third-order valence-corrected chi connectivity index (χ3v) is 13.9. The number of hydrogen-bond acceptors (Lipinski definition) is 12. The van der Waals surface area contributed by atoms with Crippen molar-refractivity contribution in [1.82, 2.24) is 4.90 Å². The van der Waals surface area contributed by atoms with Crippen molar-refractivity contribution in [3.63, 3.8) is 0 Å². The molecule has 0 saturated heterocycles. The van der Waals surface area contributed by atoms with E-state index in [2.05, 4.69) is 12.7 Å². The van der Waals surface area contributed by atoms with Gasteiger partial charge in [0.1, 0.15) is 48.1 Å². The lowest BCUT2D eigenvalue weighted by molar-refractivity contribution is -0.256. The Morgan fingerprint density at radius 2 is 1.55 bits per heavy atom. The van der Waals surface area contributed by atoms with Crippen LogP contribution in [0.25, 0.3) is 0 Å². The van der Waals surface area contributed by atoms with Crippen LogP contribution in [0.5, 0.6) is 23.0 Å². The summed E-state index contributed by atoms with van der Waals surface area (Å²) in [6, 6.07) is 35.2. The molecule has 13 nitrogen and oxygen atoms in total. The van der Waals surface area contributed by atoms with Crippen molar-refractivity contribution in [1.29, 1.82) is 0 Å². The number of amides is 1. The first-order valence-corrected chi connectivity index (χ1v) is 25.1. The smallest absolute Gasteiger partial charge is 0.410 e. The van der Waals surface area contributed by atoms with E-state index >= 15 is 4.79 Å². The maximum Gasteiger partial charge on any atom is 0.410 e. The van der Waals surface area contributed by atoms with E-state index in [9.17, 15) is 19.4 Å². The Kier molecular flexibility index (Phi) is 18.5. The minimum atomic E-state index is -1.61. The predicted molar refractivity (Wildman–Crippen MR) is 274 cm³/mol. The second-order valence-corrected chi connectivity index (χ2v) is 18.6. The van der Waals surface area contributed by atoms with Crippen molar-refractivity contribution in [3.05, 3.63) is 179 Å². The molecule has 2 aliphatic carbocycles. The van der Waals surface area contributed by atoms with E-state index in [0.29, 0.717) is 65.7 Å². The molecule has 384 valence electrons. The van der Waals surface area contributed by atoms with Gasteiger partial charge in [0.05, 0.1) is 44.1 Å². The fraction of sp³-hybridized carbons (Fsp3) is 0.373. The zero-order valence-electron chi connectivity index (χ0n) is 41.3. The molecule has 1 fully saturated rings. The van der Waals surface area contributed by atoms with Gasteiger partial charge >= 0.3 is 6.09 Å². The average Bonchev–Trinajstić information content (AvgIpc) is 3.42. The van der Waals surface area contributed by atoms with Gasteiger partial charge in [0.25, 0.3) is 0 Å². The summed E-state index contributed by atoms with van der Waals surface area (Å²) >= 11 is 0. The summed E-state index contributed by atoms with van der Waals surface area (Å²) in [4.78, 5) is 35.0.